The molecule has 0 bridgehead atoms. The molecule has 0 aliphatic carbocycles. The number of hydrogen-bond donors (Lipinski definition) is 2. The highest BCUT2D eigenvalue weighted by Gasteiger charge is 2.25. The molecule has 0 amide bonds. The third kappa shape index (κ3) is 3.92. The van der Waals surface area contributed by atoms with E-state index in [1.165, 1.54) is 4.57 Å². The molecule has 2 N–H and O–H groups in total. The first-order chi connectivity index (χ1) is 14.9. The fourth-order valence-electron chi connectivity index (χ4n) is 4.26. The number of fused-ring (bicyclic) bond motifs is 1. The Labute approximate surface area is 180 Å². The quantitative estimate of drug-likeness (QED) is 0.623. The van der Waals surface area contributed by atoms with Crippen molar-refractivity contribution < 1.29 is 14.6 Å². The number of rotatable bonds is 6. The van der Waals surface area contributed by atoms with Gasteiger partial charge in [0.25, 0.3) is 0 Å². The van der Waals surface area contributed by atoms with Gasteiger partial charge in [0.05, 0.1) is 25.4 Å². The summed E-state index contributed by atoms with van der Waals surface area (Å²) < 4.78 is 12.3. The van der Waals surface area contributed by atoms with Crippen LogP contribution in [0.15, 0.2) is 23.3 Å². The Morgan fingerprint density at radius 1 is 1.16 bits per heavy atom. The first-order valence-corrected chi connectivity index (χ1v) is 10.6. The van der Waals surface area contributed by atoms with Gasteiger partial charge in [-0.2, -0.15) is 0 Å². The third-order valence-corrected chi connectivity index (χ3v) is 6.04. The Bertz CT molecular complexity index is 1130. The number of ether oxygens (including phenoxy) is 2. The number of aromatic nitrogens is 4. The predicted octanol–water partition coefficient (Wildman–Crippen LogP) is 2.88. The smallest absolute Gasteiger partial charge is 0.328 e. The number of methoxy groups -OCH3 is 2. The minimum atomic E-state index is -0.244. The Hall–Kier alpha value is -3.23. The number of aromatic amines is 1. The maximum Gasteiger partial charge on any atom is 0.328 e. The average molecular weight is 428 g/mol. The zero-order valence-electron chi connectivity index (χ0n) is 18.4. The van der Waals surface area contributed by atoms with E-state index in [0.717, 1.165) is 42.7 Å². The molecule has 2 aromatic heterocycles. The van der Waals surface area contributed by atoms with E-state index in [1.54, 1.807) is 20.5 Å². The van der Waals surface area contributed by atoms with Gasteiger partial charge in [-0.3, -0.25) is 4.57 Å². The van der Waals surface area contributed by atoms with E-state index in [4.69, 9.17) is 9.47 Å². The maximum atomic E-state index is 12.3. The fourth-order valence-corrected chi connectivity index (χ4v) is 4.26. The second-order valence-electron chi connectivity index (χ2n) is 8.28. The van der Waals surface area contributed by atoms with Crippen LogP contribution in [0.4, 0.5) is 5.82 Å². The highest BCUT2D eigenvalue weighted by Crippen LogP contribution is 2.36. The summed E-state index contributed by atoms with van der Waals surface area (Å²) >= 11 is 0. The van der Waals surface area contributed by atoms with Crippen LogP contribution in [-0.2, 0) is 6.54 Å². The lowest BCUT2D eigenvalue weighted by molar-refractivity contribution is 0.322. The molecule has 1 fully saturated rings. The van der Waals surface area contributed by atoms with E-state index in [2.05, 4.69) is 19.9 Å². The molecular formula is C22H29N5O4. The molecule has 0 unspecified atom stereocenters. The highest BCUT2D eigenvalue weighted by atomic mass is 16.5. The second kappa shape index (κ2) is 8.49. The summed E-state index contributed by atoms with van der Waals surface area (Å²) in [4.78, 5) is 26.2. The molecule has 1 aliphatic rings. The third-order valence-electron chi connectivity index (χ3n) is 6.04. The van der Waals surface area contributed by atoms with Crippen LogP contribution >= 0.6 is 0 Å². The van der Waals surface area contributed by atoms with E-state index in [-0.39, 0.29) is 17.5 Å². The molecule has 3 heterocycles. The summed E-state index contributed by atoms with van der Waals surface area (Å²) in [6.45, 7) is 6.02. The molecule has 4 rings (SSSR count). The van der Waals surface area contributed by atoms with Crippen molar-refractivity contribution in [2.24, 2.45) is 5.92 Å². The normalized spacial score (nSPS) is 15.1. The molecule has 0 atom stereocenters. The van der Waals surface area contributed by atoms with Gasteiger partial charge in [0.1, 0.15) is 12.1 Å². The zero-order chi connectivity index (χ0) is 22.1. The monoisotopic (exact) mass is 427 g/mol. The van der Waals surface area contributed by atoms with Crippen molar-refractivity contribution in [1.29, 1.82) is 0 Å². The summed E-state index contributed by atoms with van der Waals surface area (Å²) in [6.07, 6.45) is 3.36. The van der Waals surface area contributed by atoms with Crippen LogP contribution in [0.2, 0.25) is 0 Å². The summed E-state index contributed by atoms with van der Waals surface area (Å²) in [5, 5.41) is 11.3. The van der Waals surface area contributed by atoms with Gasteiger partial charge in [0.2, 0.25) is 5.88 Å². The van der Waals surface area contributed by atoms with Gasteiger partial charge in [0, 0.05) is 31.1 Å². The number of imidazole rings is 1. The number of benzene rings is 1. The molecule has 1 saturated heterocycles. The first kappa shape index (κ1) is 21.0. The average Bonchev–Trinajstić information content (AvgIpc) is 3.06. The van der Waals surface area contributed by atoms with E-state index in [0.29, 0.717) is 29.7 Å². The van der Waals surface area contributed by atoms with Crippen molar-refractivity contribution >= 4 is 16.7 Å². The van der Waals surface area contributed by atoms with Gasteiger partial charge >= 0.3 is 5.69 Å². The van der Waals surface area contributed by atoms with Crippen molar-refractivity contribution in [1.82, 2.24) is 19.5 Å². The van der Waals surface area contributed by atoms with Gasteiger partial charge < -0.3 is 24.5 Å². The van der Waals surface area contributed by atoms with Gasteiger partial charge in [-0.05, 0) is 30.7 Å². The molecule has 9 nitrogen and oxygen atoms in total. The van der Waals surface area contributed by atoms with Crippen molar-refractivity contribution in [3.8, 4) is 17.4 Å². The van der Waals surface area contributed by atoms with Crippen LogP contribution in [-0.4, -0.2) is 51.9 Å². The SMILES string of the molecule is COc1cc2ncnc(N3CCC(Cn4c(O)c(C(C)C)[nH]c4=O)CC3)c2cc1OC. The van der Waals surface area contributed by atoms with E-state index >= 15 is 0 Å². The second-order valence-corrected chi connectivity index (χ2v) is 8.28. The Morgan fingerprint density at radius 2 is 1.84 bits per heavy atom. The Balaban J connectivity index is 1.52. The zero-order valence-corrected chi connectivity index (χ0v) is 18.4. The van der Waals surface area contributed by atoms with E-state index in [1.807, 2.05) is 26.0 Å². The number of aromatic hydroxyl groups is 1. The molecule has 166 valence electrons. The van der Waals surface area contributed by atoms with Crippen LogP contribution in [0.5, 0.6) is 17.4 Å². The van der Waals surface area contributed by atoms with Crippen molar-refractivity contribution in [2.75, 3.05) is 32.2 Å². The summed E-state index contributed by atoms with van der Waals surface area (Å²) in [6, 6.07) is 3.78. The van der Waals surface area contributed by atoms with E-state index < -0.39 is 0 Å². The summed E-state index contributed by atoms with van der Waals surface area (Å²) in [5.74, 6) is 2.58. The van der Waals surface area contributed by atoms with Crippen LogP contribution in [0.3, 0.4) is 0 Å². The molecule has 3 aromatic rings. The largest absolute Gasteiger partial charge is 0.493 e. The van der Waals surface area contributed by atoms with Crippen LogP contribution < -0.4 is 20.1 Å². The molecular weight excluding hydrogens is 398 g/mol. The molecule has 31 heavy (non-hydrogen) atoms. The number of nitrogens with zero attached hydrogens (tertiary/aromatic N) is 4. The van der Waals surface area contributed by atoms with Crippen molar-refractivity contribution in [3.05, 3.63) is 34.6 Å². The molecule has 0 saturated carbocycles. The number of piperidine rings is 1. The van der Waals surface area contributed by atoms with Crippen LogP contribution in [0.25, 0.3) is 10.9 Å². The number of anilines is 1. The maximum absolute atomic E-state index is 12.3. The number of hydrogen-bond acceptors (Lipinski definition) is 7. The number of nitrogens with one attached hydrogen (secondary N) is 1. The van der Waals surface area contributed by atoms with Gasteiger partial charge in [-0.15, -0.1) is 0 Å². The topological polar surface area (TPSA) is 106 Å². The lowest BCUT2D eigenvalue weighted by atomic mass is 9.96. The summed E-state index contributed by atoms with van der Waals surface area (Å²) in [7, 11) is 3.22. The lowest BCUT2D eigenvalue weighted by Crippen LogP contribution is -2.36. The fraction of sp³-hybridized carbons (Fsp3) is 0.500. The van der Waals surface area contributed by atoms with Crippen molar-refractivity contribution in [3.63, 3.8) is 0 Å². The lowest BCUT2D eigenvalue weighted by Gasteiger charge is -2.33. The summed E-state index contributed by atoms with van der Waals surface area (Å²) in [5.41, 5.74) is 1.15. The van der Waals surface area contributed by atoms with Crippen LogP contribution in [0.1, 0.15) is 38.3 Å². The van der Waals surface area contributed by atoms with Gasteiger partial charge in [-0.25, -0.2) is 14.8 Å². The molecule has 9 heteroatoms. The molecule has 0 radical (unpaired) electrons. The number of H-pyrrole nitrogens is 1. The van der Waals surface area contributed by atoms with Gasteiger partial charge in [0.15, 0.2) is 11.5 Å². The molecule has 1 aliphatic heterocycles. The Morgan fingerprint density at radius 3 is 2.45 bits per heavy atom. The minimum absolute atomic E-state index is 0.0604. The highest BCUT2D eigenvalue weighted by molar-refractivity contribution is 5.92. The van der Waals surface area contributed by atoms with Crippen molar-refractivity contribution in [2.45, 2.75) is 39.2 Å². The molecule has 1 aromatic carbocycles. The Kier molecular flexibility index (Phi) is 5.75. The first-order valence-electron chi connectivity index (χ1n) is 10.6. The molecule has 0 spiro atoms. The van der Waals surface area contributed by atoms with Crippen LogP contribution in [0, 0.1) is 5.92 Å². The van der Waals surface area contributed by atoms with E-state index in [9.17, 15) is 9.90 Å². The predicted molar refractivity (Wildman–Crippen MR) is 118 cm³/mol. The standard InChI is InChI=1S/C22H29N5O4/c1-13(2)19-21(28)27(22(29)25-19)11-14-5-7-26(8-6-14)20-15-9-17(30-3)18(31-4)10-16(15)23-12-24-20/h9-10,12-14,28H,5-8,11H2,1-4H3,(H,25,29). The van der Waals surface area contributed by atoms with Gasteiger partial charge in [-0.1, -0.05) is 13.8 Å². The minimum Gasteiger partial charge on any atom is -0.493 e.